The maximum atomic E-state index is 5.57. The number of anilines is 2. The van der Waals surface area contributed by atoms with Crippen LogP contribution < -0.4 is 5.32 Å². The van der Waals surface area contributed by atoms with Gasteiger partial charge in [-0.15, -0.1) is 11.6 Å². The van der Waals surface area contributed by atoms with Gasteiger partial charge in [-0.1, -0.05) is 30.0 Å². The van der Waals surface area contributed by atoms with Crippen LogP contribution in [0, 0.1) is 11.8 Å². The molecule has 1 nitrogen and oxygen atoms in total. The number of rotatable bonds is 3. The largest absolute Gasteiger partial charge is 0.356 e. The maximum Gasteiger partial charge on any atom is 0.0385 e. The van der Waals surface area contributed by atoms with E-state index >= 15 is 0 Å². The second-order valence-electron chi connectivity index (χ2n) is 3.81. The lowest BCUT2D eigenvalue weighted by Crippen LogP contribution is -1.89. The van der Waals surface area contributed by atoms with Crippen molar-refractivity contribution in [1.29, 1.82) is 0 Å². The monoisotopic (exact) mass is 255 g/mol. The van der Waals surface area contributed by atoms with Crippen LogP contribution in [0.25, 0.3) is 0 Å². The van der Waals surface area contributed by atoms with E-state index in [1.165, 1.54) is 0 Å². The van der Waals surface area contributed by atoms with E-state index in [0.717, 1.165) is 23.4 Å². The van der Waals surface area contributed by atoms with Crippen molar-refractivity contribution in [3.63, 3.8) is 0 Å². The van der Waals surface area contributed by atoms with Crippen molar-refractivity contribution in [2.75, 3.05) is 11.2 Å². The van der Waals surface area contributed by atoms with Crippen LogP contribution in [0.5, 0.6) is 0 Å². The van der Waals surface area contributed by atoms with E-state index in [1.54, 1.807) is 0 Å². The van der Waals surface area contributed by atoms with Gasteiger partial charge in [0, 0.05) is 29.2 Å². The van der Waals surface area contributed by atoms with E-state index in [2.05, 4.69) is 17.2 Å². The standard InChI is InChI=1S/C16H14ClN/c17-13-5-4-6-14-9-11-16(12-10-14)18-15-7-2-1-3-8-15/h1-3,7-12,18H,5,13H2. The first kappa shape index (κ1) is 12.5. The lowest BCUT2D eigenvalue weighted by Gasteiger charge is -2.05. The number of hydrogen-bond donors (Lipinski definition) is 1. The summed E-state index contributed by atoms with van der Waals surface area (Å²) in [5.41, 5.74) is 3.15. The molecule has 0 amide bonds. The third-order valence-electron chi connectivity index (χ3n) is 2.40. The molecule has 0 saturated carbocycles. The molecule has 2 aromatic rings. The Kier molecular flexibility index (Phi) is 4.69. The summed E-state index contributed by atoms with van der Waals surface area (Å²) in [6, 6.07) is 18.2. The highest BCUT2D eigenvalue weighted by molar-refractivity contribution is 6.18. The lowest BCUT2D eigenvalue weighted by molar-refractivity contribution is 1.29. The Morgan fingerprint density at radius 1 is 0.889 bits per heavy atom. The molecular formula is C16H14ClN. The zero-order valence-electron chi connectivity index (χ0n) is 9.99. The van der Waals surface area contributed by atoms with Crippen molar-refractivity contribution in [1.82, 2.24) is 0 Å². The van der Waals surface area contributed by atoms with E-state index in [0.29, 0.717) is 5.88 Å². The quantitative estimate of drug-likeness (QED) is 0.633. The molecule has 1 N–H and O–H groups in total. The number of para-hydroxylation sites is 1. The van der Waals surface area contributed by atoms with E-state index in [4.69, 9.17) is 11.6 Å². The molecule has 0 heterocycles. The lowest BCUT2D eigenvalue weighted by atomic mass is 10.2. The van der Waals surface area contributed by atoms with Crippen molar-refractivity contribution < 1.29 is 0 Å². The van der Waals surface area contributed by atoms with Crippen LogP contribution in [0.2, 0.25) is 0 Å². The molecule has 0 atom stereocenters. The minimum atomic E-state index is 0.584. The SMILES string of the molecule is ClCCC#Cc1ccc(Nc2ccccc2)cc1. The zero-order chi connectivity index (χ0) is 12.6. The summed E-state index contributed by atoms with van der Waals surface area (Å²) < 4.78 is 0. The highest BCUT2D eigenvalue weighted by atomic mass is 35.5. The van der Waals surface area contributed by atoms with Gasteiger partial charge in [-0.05, 0) is 36.4 Å². The summed E-state index contributed by atoms with van der Waals surface area (Å²) in [7, 11) is 0. The number of nitrogens with one attached hydrogen (secondary N) is 1. The third kappa shape index (κ3) is 3.84. The van der Waals surface area contributed by atoms with E-state index < -0.39 is 0 Å². The first-order valence-electron chi connectivity index (χ1n) is 5.85. The van der Waals surface area contributed by atoms with Crippen molar-refractivity contribution in [3.05, 3.63) is 60.2 Å². The molecule has 0 aliphatic rings. The smallest absolute Gasteiger partial charge is 0.0385 e. The first-order valence-corrected chi connectivity index (χ1v) is 6.39. The predicted octanol–water partition coefficient (Wildman–Crippen LogP) is 4.41. The van der Waals surface area contributed by atoms with Crippen LogP contribution in [0.3, 0.4) is 0 Å². The second kappa shape index (κ2) is 6.74. The van der Waals surface area contributed by atoms with Gasteiger partial charge in [-0.2, -0.15) is 0 Å². The van der Waals surface area contributed by atoms with Crippen LogP contribution in [0.15, 0.2) is 54.6 Å². The number of halogens is 1. The summed E-state index contributed by atoms with van der Waals surface area (Å²) in [6.07, 6.45) is 0.728. The summed E-state index contributed by atoms with van der Waals surface area (Å²) >= 11 is 5.57. The molecule has 0 aliphatic heterocycles. The van der Waals surface area contributed by atoms with E-state index in [9.17, 15) is 0 Å². The van der Waals surface area contributed by atoms with Crippen LogP contribution in [-0.4, -0.2) is 5.88 Å². The normalized spacial score (nSPS) is 9.39. The van der Waals surface area contributed by atoms with Crippen molar-refractivity contribution >= 4 is 23.0 Å². The molecular weight excluding hydrogens is 242 g/mol. The van der Waals surface area contributed by atoms with Gasteiger partial charge in [0.1, 0.15) is 0 Å². The molecule has 0 aromatic heterocycles. The molecule has 0 spiro atoms. The predicted molar refractivity (Wildman–Crippen MR) is 78.4 cm³/mol. The molecule has 2 aromatic carbocycles. The Balaban J connectivity index is 2.02. The van der Waals surface area contributed by atoms with Gasteiger partial charge in [-0.25, -0.2) is 0 Å². The highest BCUT2D eigenvalue weighted by Gasteiger charge is 1.93. The molecule has 90 valence electrons. The van der Waals surface area contributed by atoms with Gasteiger partial charge in [-0.3, -0.25) is 0 Å². The van der Waals surface area contributed by atoms with E-state index in [1.807, 2.05) is 54.6 Å². The maximum absolute atomic E-state index is 5.57. The molecule has 2 rings (SSSR count). The summed E-state index contributed by atoms with van der Waals surface area (Å²) in [6.45, 7) is 0. The fraction of sp³-hybridized carbons (Fsp3) is 0.125. The average Bonchev–Trinajstić information content (AvgIpc) is 2.42. The Hall–Kier alpha value is -1.91. The fourth-order valence-corrected chi connectivity index (χ4v) is 1.63. The Morgan fingerprint density at radius 2 is 1.56 bits per heavy atom. The van der Waals surface area contributed by atoms with Gasteiger partial charge < -0.3 is 5.32 Å². The molecule has 0 unspecified atom stereocenters. The van der Waals surface area contributed by atoms with Crippen molar-refractivity contribution in [3.8, 4) is 11.8 Å². The molecule has 0 aliphatic carbocycles. The minimum absolute atomic E-state index is 0.584. The molecule has 2 heteroatoms. The fourth-order valence-electron chi connectivity index (χ4n) is 1.54. The number of hydrogen-bond acceptors (Lipinski definition) is 1. The van der Waals surface area contributed by atoms with Crippen LogP contribution in [-0.2, 0) is 0 Å². The second-order valence-corrected chi connectivity index (χ2v) is 4.19. The minimum Gasteiger partial charge on any atom is -0.356 e. The van der Waals surface area contributed by atoms with Crippen LogP contribution in [0.4, 0.5) is 11.4 Å². The Labute approximate surface area is 113 Å². The van der Waals surface area contributed by atoms with Gasteiger partial charge >= 0.3 is 0 Å². The van der Waals surface area contributed by atoms with Gasteiger partial charge in [0.2, 0.25) is 0 Å². The molecule has 18 heavy (non-hydrogen) atoms. The summed E-state index contributed by atoms with van der Waals surface area (Å²) in [5.74, 6) is 6.68. The first-order chi connectivity index (χ1) is 8.88. The van der Waals surface area contributed by atoms with Crippen LogP contribution >= 0.6 is 11.6 Å². The topological polar surface area (TPSA) is 12.0 Å². The van der Waals surface area contributed by atoms with Gasteiger partial charge in [0.05, 0.1) is 0 Å². The highest BCUT2D eigenvalue weighted by Crippen LogP contribution is 2.16. The van der Waals surface area contributed by atoms with E-state index in [-0.39, 0.29) is 0 Å². The molecule has 0 bridgehead atoms. The van der Waals surface area contributed by atoms with Crippen LogP contribution in [0.1, 0.15) is 12.0 Å². The summed E-state index contributed by atoms with van der Waals surface area (Å²) in [5, 5.41) is 3.33. The van der Waals surface area contributed by atoms with Gasteiger partial charge in [0.15, 0.2) is 0 Å². The Bertz CT molecular complexity index is 535. The van der Waals surface area contributed by atoms with Crippen molar-refractivity contribution in [2.45, 2.75) is 6.42 Å². The number of benzene rings is 2. The molecule has 0 radical (unpaired) electrons. The van der Waals surface area contributed by atoms with Gasteiger partial charge in [0.25, 0.3) is 0 Å². The van der Waals surface area contributed by atoms with Crippen molar-refractivity contribution in [2.24, 2.45) is 0 Å². The molecule has 0 fully saturated rings. The number of alkyl halides is 1. The summed E-state index contributed by atoms with van der Waals surface area (Å²) in [4.78, 5) is 0. The Morgan fingerprint density at radius 3 is 2.22 bits per heavy atom. The zero-order valence-corrected chi connectivity index (χ0v) is 10.7. The average molecular weight is 256 g/mol. The molecule has 0 saturated heterocycles. The third-order valence-corrected chi connectivity index (χ3v) is 2.59.